The van der Waals surface area contributed by atoms with E-state index >= 15 is 0 Å². The van der Waals surface area contributed by atoms with Crippen LogP contribution in [0, 0.1) is 0 Å². The molecule has 1 fully saturated rings. The molecule has 0 unspecified atom stereocenters. The van der Waals surface area contributed by atoms with Crippen LogP contribution in [0.2, 0.25) is 0 Å². The van der Waals surface area contributed by atoms with Crippen LogP contribution in [0.15, 0.2) is 30.3 Å². The van der Waals surface area contributed by atoms with Gasteiger partial charge in [0, 0.05) is 5.92 Å². The summed E-state index contributed by atoms with van der Waals surface area (Å²) in [7, 11) is 0. The zero-order valence-electron chi connectivity index (χ0n) is 9.59. The van der Waals surface area contributed by atoms with Crippen molar-refractivity contribution in [2.75, 3.05) is 6.61 Å². The lowest BCUT2D eigenvalue weighted by Crippen LogP contribution is -2.27. The predicted octanol–water partition coefficient (Wildman–Crippen LogP) is 1.65. The number of rotatable bonds is 3. The second-order valence-electron chi connectivity index (χ2n) is 3.88. The van der Waals surface area contributed by atoms with Crippen molar-refractivity contribution in [1.82, 2.24) is 0 Å². The average molecular weight is 234 g/mol. The maximum absolute atomic E-state index is 11.7. The summed E-state index contributed by atoms with van der Waals surface area (Å²) >= 11 is 0. The number of hydrogen-bond donors (Lipinski definition) is 0. The van der Waals surface area contributed by atoms with Gasteiger partial charge >= 0.3 is 11.9 Å². The third-order valence-electron chi connectivity index (χ3n) is 2.76. The Morgan fingerprint density at radius 2 is 2.12 bits per heavy atom. The number of benzene rings is 1. The summed E-state index contributed by atoms with van der Waals surface area (Å²) in [5.74, 6) is -1.05. The summed E-state index contributed by atoms with van der Waals surface area (Å²) in [5, 5.41) is 0. The highest BCUT2D eigenvalue weighted by atomic mass is 16.6. The van der Waals surface area contributed by atoms with Crippen molar-refractivity contribution in [3.05, 3.63) is 35.9 Å². The zero-order chi connectivity index (χ0) is 12.3. The standard InChI is InChI=1S/C13H14O4/c1-2-16-13(15)12-10(8-11(14)17-12)9-6-4-3-5-7-9/h3-7,10,12H,2,8H2,1H3/t10-,12-/m1/s1. The van der Waals surface area contributed by atoms with E-state index in [1.165, 1.54) is 0 Å². The SMILES string of the molecule is CCOC(=O)[C@@H]1OC(=O)C[C@@H]1c1ccccc1. The molecule has 1 heterocycles. The van der Waals surface area contributed by atoms with E-state index in [9.17, 15) is 9.59 Å². The predicted molar refractivity (Wildman–Crippen MR) is 60.3 cm³/mol. The van der Waals surface area contributed by atoms with Crippen LogP contribution in [0.1, 0.15) is 24.8 Å². The first-order valence-electron chi connectivity index (χ1n) is 5.63. The normalized spacial score (nSPS) is 23.2. The molecule has 0 bridgehead atoms. The van der Waals surface area contributed by atoms with Gasteiger partial charge in [-0.25, -0.2) is 4.79 Å². The Bertz CT molecular complexity index is 413. The third-order valence-corrected chi connectivity index (χ3v) is 2.76. The lowest BCUT2D eigenvalue weighted by molar-refractivity contribution is -0.161. The van der Waals surface area contributed by atoms with Gasteiger partial charge in [0.2, 0.25) is 6.10 Å². The van der Waals surface area contributed by atoms with Crippen LogP contribution in [0.5, 0.6) is 0 Å². The lowest BCUT2D eigenvalue weighted by Gasteiger charge is -2.15. The summed E-state index contributed by atoms with van der Waals surface area (Å²) < 4.78 is 9.94. The topological polar surface area (TPSA) is 52.6 Å². The molecule has 4 heteroatoms. The Labute approximate surface area is 99.5 Å². The first-order valence-corrected chi connectivity index (χ1v) is 5.63. The minimum Gasteiger partial charge on any atom is -0.463 e. The van der Waals surface area contributed by atoms with E-state index in [1.54, 1.807) is 6.92 Å². The fraction of sp³-hybridized carbons (Fsp3) is 0.385. The molecule has 17 heavy (non-hydrogen) atoms. The average Bonchev–Trinajstić information content (AvgIpc) is 2.73. The van der Waals surface area contributed by atoms with Crippen LogP contribution in [0.3, 0.4) is 0 Å². The minimum atomic E-state index is -0.801. The van der Waals surface area contributed by atoms with E-state index in [2.05, 4.69) is 0 Å². The molecule has 0 amide bonds. The number of cyclic esters (lactones) is 1. The van der Waals surface area contributed by atoms with Gasteiger partial charge in [-0.05, 0) is 12.5 Å². The quantitative estimate of drug-likeness (QED) is 0.746. The smallest absolute Gasteiger partial charge is 0.348 e. The summed E-state index contributed by atoms with van der Waals surface area (Å²) in [6, 6.07) is 9.42. The highest BCUT2D eigenvalue weighted by molar-refractivity contribution is 5.85. The van der Waals surface area contributed by atoms with Crippen LogP contribution in [0.4, 0.5) is 0 Å². The molecule has 0 aromatic heterocycles. The Hall–Kier alpha value is -1.84. The second-order valence-corrected chi connectivity index (χ2v) is 3.88. The van der Waals surface area contributed by atoms with Crippen molar-refractivity contribution in [3.63, 3.8) is 0 Å². The lowest BCUT2D eigenvalue weighted by atomic mass is 9.92. The zero-order valence-corrected chi connectivity index (χ0v) is 9.59. The van der Waals surface area contributed by atoms with E-state index in [4.69, 9.17) is 9.47 Å². The summed E-state index contributed by atoms with van der Waals surface area (Å²) in [6.45, 7) is 2.01. The van der Waals surface area contributed by atoms with Crippen LogP contribution < -0.4 is 0 Å². The summed E-state index contributed by atoms with van der Waals surface area (Å²) in [6.07, 6.45) is -0.571. The fourth-order valence-corrected chi connectivity index (χ4v) is 1.99. The van der Waals surface area contributed by atoms with Gasteiger partial charge in [0.25, 0.3) is 0 Å². The highest BCUT2D eigenvalue weighted by Crippen LogP contribution is 2.32. The fourth-order valence-electron chi connectivity index (χ4n) is 1.99. The molecule has 1 aliphatic rings. The van der Waals surface area contributed by atoms with Crippen molar-refractivity contribution in [1.29, 1.82) is 0 Å². The van der Waals surface area contributed by atoms with Crippen molar-refractivity contribution in [2.24, 2.45) is 0 Å². The molecule has 1 aliphatic heterocycles. The monoisotopic (exact) mass is 234 g/mol. The van der Waals surface area contributed by atoms with Gasteiger partial charge in [-0.2, -0.15) is 0 Å². The molecule has 1 aromatic rings. The molecule has 2 atom stereocenters. The van der Waals surface area contributed by atoms with Crippen molar-refractivity contribution >= 4 is 11.9 Å². The number of esters is 2. The van der Waals surface area contributed by atoms with Gasteiger partial charge in [-0.1, -0.05) is 30.3 Å². The van der Waals surface area contributed by atoms with Crippen LogP contribution in [-0.4, -0.2) is 24.6 Å². The molecule has 90 valence electrons. The van der Waals surface area contributed by atoms with Crippen LogP contribution >= 0.6 is 0 Å². The molecular formula is C13H14O4. The van der Waals surface area contributed by atoms with Gasteiger partial charge in [0.05, 0.1) is 13.0 Å². The molecule has 1 saturated heterocycles. The number of ether oxygens (including phenoxy) is 2. The number of carbonyl (C=O) groups excluding carboxylic acids is 2. The Morgan fingerprint density at radius 1 is 1.41 bits per heavy atom. The first-order chi connectivity index (χ1) is 8.22. The summed E-state index contributed by atoms with van der Waals surface area (Å²) in [4.78, 5) is 23.0. The molecule has 2 rings (SSSR count). The number of carbonyl (C=O) groups is 2. The van der Waals surface area contributed by atoms with Gasteiger partial charge in [0.1, 0.15) is 0 Å². The van der Waals surface area contributed by atoms with E-state index in [0.717, 1.165) is 5.56 Å². The minimum absolute atomic E-state index is 0.230. The maximum Gasteiger partial charge on any atom is 0.348 e. The van der Waals surface area contributed by atoms with E-state index in [0.29, 0.717) is 0 Å². The van der Waals surface area contributed by atoms with Crippen molar-refractivity contribution < 1.29 is 19.1 Å². The molecule has 0 aliphatic carbocycles. The number of hydrogen-bond acceptors (Lipinski definition) is 4. The maximum atomic E-state index is 11.7. The van der Waals surface area contributed by atoms with Gasteiger partial charge < -0.3 is 9.47 Å². The molecule has 4 nitrogen and oxygen atoms in total. The largest absolute Gasteiger partial charge is 0.463 e. The Kier molecular flexibility index (Phi) is 3.42. The van der Waals surface area contributed by atoms with Gasteiger partial charge in [0.15, 0.2) is 0 Å². The Morgan fingerprint density at radius 3 is 2.76 bits per heavy atom. The van der Waals surface area contributed by atoms with Crippen LogP contribution in [0.25, 0.3) is 0 Å². The van der Waals surface area contributed by atoms with Crippen molar-refractivity contribution in [3.8, 4) is 0 Å². The molecule has 1 aromatic carbocycles. The van der Waals surface area contributed by atoms with Gasteiger partial charge in [-0.15, -0.1) is 0 Å². The highest BCUT2D eigenvalue weighted by Gasteiger charge is 2.41. The molecule has 0 N–H and O–H groups in total. The van der Waals surface area contributed by atoms with E-state index < -0.39 is 12.1 Å². The molecule has 0 radical (unpaired) electrons. The second kappa shape index (κ2) is 4.99. The van der Waals surface area contributed by atoms with Crippen LogP contribution in [-0.2, 0) is 19.1 Å². The van der Waals surface area contributed by atoms with Crippen molar-refractivity contribution in [2.45, 2.75) is 25.4 Å². The molecular weight excluding hydrogens is 220 g/mol. The van der Waals surface area contributed by atoms with E-state index in [-0.39, 0.29) is 24.9 Å². The third kappa shape index (κ3) is 2.46. The molecule has 0 saturated carbocycles. The summed E-state index contributed by atoms with van der Waals surface area (Å²) in [5.41, 5.74) is 0.927. The molecule has 0 spiro atoms. The van der Waals surface area contributed by atoms with Gasteiger partial charge in [-0.3, -0.25) is 4.79 Å². The first kappa shape index (κ1) is 11.6. The Balaban J connectivity index is 2.20. The van der Waals surface area contributed by atoms with E-state index in [1.807, 2.05) is 30.3 Å².